The number of carbonyl (C=O) groups is 1. The van der Waals surface area contributed by atoms with Crippen LogP contribution in [0.5, 0.6) is 0 Å². The van der Waals surface area contributed by atoms with Crippen LogP contribution < -0.4 is 0 Å². The maximum absolute atomic E-state index is 11.0. The van der Waals surface area contributed by atoms with Crippen LogP contribution in [-0.2, 0) is 16.0 Å². The second kappa shape index (κ2) is 6.44. The molecule has 5 heteroatoms. The second-order valence-electron chi connectivity index (χ2n) is 4.38. The van der Waals surface area contributed by atoms with E-state index in [9.17, 15) is 4.79 Å². The zero-order chi connectivity index (χ0) is 13.7. The minimum absolute atomic E-state index is 0.571. The molecule has 0 bridgehead atoms. The van der Waals surface area contributed by atoms with E-state index >= 15 is 0 Å². The van der Waals surface area contributed by atoms with Crippen molar-refractivity contribution in [3.63, 3.8) is 0 Å². The molecule has 5 nitrogen and oxygen atoms in total. The van der Waals surface area contributed by atoms with Crippen LogP contribution in [0.25, 0.3) is 0 Å². The van der Waals surface area contributed by atoms with Gasteiger partial charge in [0.25, 0.3) is 0 Å². The Morgan fingerprint density at radius 3 is 2.33 bits per heavy atom. The van der Waals surface area contributed by atoms with Crippen LogP contribution in [0.1, 0.15) is 42.0 Å². The Morgan fingerprint density at radius 2 is 1.89 bits per heavy atom. The van der Waals surface area contributed by atoms with Crippen LogP contribution in [0, 0.1) is 13.8 Å². The number of carboxylic acid groups (broad SMARTS) is 1. The van der Waals surface area contributed by atoms with Gasteiger partial charge in [-0.3, -0.25) is 4.79 Å². The number of aliphatic carboxylic acids is 1. The molecule has 0 amide bonds. The topological polar surface area (TPSA) is 72.3 Å². The zero-order valence-electron chi connectivity index (χ0n) is 11.4. The molecule has 0 aliphatic heterocycles. The molecule has 18 heavy (non-hydrogen) atoms. The summed E-state index contributed by atoms with van der Waals surface area (Å²) in [5.74, 6) is -0.668. The summed E-state index contributed by atoms with van der Waals surface area (Å²) < 4.78 is 4.98. The molecule has 0 fully saturated rings. The molecule has 1 atom stereocenters. The van der Waals surface area contributed by atoms with Gasteiger partial charge in [0.2, 0.25) is 0 Å². The normalized spacial score (nSPS) is 12.4. The fourth-order valence-corrected chi connectivity index (χ4v) is 2.03. The molecule has 0 aliphatic carbocycles. The summed E-state index contributed by atoms with van der Waals surface area (Å²) in [6.07, 6.45) is 1.61. The third-order valence-corrected chi connectivity index (χ3v) is 2.93. The van der Waals surface area contributed by atoms with Crippen molar-refractivity contribution in [3.05, 3.63) is 22.8 Å². The Bertz CT molecular complexity index is 409. The predicted octanol–water partition coefficient (Wildman–Crippen LogP) is 1.86. The Morgan fingerprint density at radius 1 is 1.33 bits per heavy atom. The summed E-state index contributed by atoms with van der Waals surface area (Å²) in [7, 11) is 1.66. The van der Waals surface area contributed by atoms with Crippen molar-refractivity contribution in [1.82, 2.24) is 9.97 Å². The van der Waals surface area contributed by atoms with E-state index in [2.05, 4.69) is 9.97 Å². The van der Waals surface area contributed by atoms with Crippen molar-refractivity contribution in [2.45, 2.75) is 39.5 Å². The Kier molecular flexibility index (Phi) is 5.22. The third-order valence-electron chi connectivity index (χ3n) is 2.93. The van der Waals surface area contributed by atoms with E-state index in [0.717, 1.165) is 35.6 Å². The lowest BCUT2D eigenvalue weighted by Crippen LogP contribution is -2.14. The number of aromatic nitrogens is 2. The summed E-state index contributed by atoms with van der Waals surface area (Å²) in [5.41, 5.74) is 2.23. The zero-order valence-corrected chi connectivity index (χ0v) is 11.4. The van der Waals surface area contributed by atoms with Crippen molar-refractivity contribution in [2.75, 3.05) is 13.7 Å². The maximum Gasteiger partial charge on any atom is 0.310 e. The third kappa shape index (κ3) is 3.50. The smallest absolute Gasteiger partial charge is 0.310 e. The summed E-state index contributed by atoms with van der Waals surface area (Å²) in [6.45, 7) is 6.01. The number of ether oxygens (including phenoxy) is 1. The van der Waals surface area contributed by atoms with Crippen LogP contribution in [0.4, 0.5) is 0 Å². The summed E-state index contributed by atoms with van der Waals surface area (Å²) in [5, 5.41) is 9.05. The van der Waals surface area contributed by atoms with Crippen molar-refractivity contribution < 1.29 is 14.6 Å². The highest BCUT2D eigenvalue weighted by atomic mass is 16.5. The predicted molar refractivity (Wildman–Crippen MR) is 67.8 cm³/mol. The van der Waals surface area contributed by atoms with Crippen molar-refractivity contribution in [2.24, 2.45) is 0 Å². The Hall–Kier alpha value is -1.49. The quantitative estimate of drug-likeness (QED) is 0.782. The van der Waals surface area contributed by atoms with Crippen LogP contribution in [0.2, 0.25) is 0 Å². The highest BCUT2D eigenvalue weighted by molar-refractivity contribution is 5.76. The number of rotatable bonds is 6. The molecule has 0 saturated carbocycles. The first-order chi connectivity index (χ1) is 8.47. The molecule has 1 aromatic heterocycles. The van der Waals surface area contributed by atoms with Crippen LogP contribution in [0.15, 0.2) is 0 Å². The lowest BCUT2D eigenvalue weighted by Gasteiger charge is -2.14. The summed E-state index contributed by atoms with van der Waals surface area (Å²) in [4.78, 5) is 19.8. The number of aryl methyl sites for hydroxylation is 3. The van der Waals surface area contributed by atoms with E-state index in [1.807, 2.05) is 13.8 Å². The average Bonchev–Trinajstić information content (AvgIpc) is 2.28. The molecule has 0 aromatic carbocycles. The molecular formula is C13H20N2O3. The summed E-state index contributed by atoms with van der Waals surface area (Å²) >= 11 is 0. The first-order valence-corrected chi connectivity index (χ1v) is 6.03. The lowest BCUT2D eigenvalue weighted by atomic mass is 9.98. The molecule has 0 aliphatic rings. The van der Waals surface area contributed by atoms with Crippen LogP contribution in [0.3, 0.4) is 0 Å². The highest BCUT2D eigenvalue weighted by Gasteiger charge is 2.20. The number of hydrogen-bond acceptors (Lipinski definition) is 4. The number of nitrogens with zero attached hydrogens (tertiary/aromatic N) is 2. The van der Waals surface area contributed by atoms with Gasteiger partial charge in [0.05, 0.1) is 5.92 Å². The van der Waals surface area contributed by atoms with Gasteiger partial charge in [-0.15, -0.1) is 0 Å². The first-order valence-electron chi connectivity index (χ1n) is 6.03. The minimum Gasteiger partial charge on any atom is -0.481 e. The molecule has 1 aromatic rings. The fourth-order valence-electron chi connectivity index (χ4n) is 2.03. The lowest BCUT2D eigenvalue weighted by molar-refractivity contribution is -0.138. The fraction of sp³-hybridized carbons (Fsp3) is 0.615. The van der Waals surface area contributed by atoms with E-state index in [1.165, 1.54) is 0 Å². The van der Waals surface area contributed by atoms with Crippen LogP contribution in [-0.4, -0.2) is 34.8 Å². The molecule has 1 heterocycles. The van der Waals surface area contributed by atoms with E-state index in [-0.39, 0.29) is 0 Å². The molecule has 1 N–H and O–H groups in total. The standard InChI is InChI=1S/C13H20N2O3/c1-8(13(16)17)12-9(2)14-11(15-10(12)3)6-5-7-18-4/h8H,5-7H2,1-4H3,(H,16,17). The molecule has 1 unspecified atom stereocenters. The van der Waals surface area contributed by atoms with Crippen molar-refractivity contribution in [3.8, 4) is 0 Å². The molecule has 0 spiro atoms. The average molecular weight is 252 g/mol. The summed E-state index contributed by atoms with van der Waals surface area (Å²) in [6, 6.07) is 0. The van der Waals surface area contributed by atoms with E-state index in [1.54, 1.807) is 14.0 Å². The second-order valence-corrected chi connectivity index (χ2v) is 4.38. The van der Waals surface area contributed by atoms with Gasteiger partial charge < -0.3 is 9.84 Å². The highest BCUT2D eigenvalue weighted by Crippen LogP contribution is 2.21. The Balaban J connectivity index is 2.94. The number of methoxy groups -OCH3 is 1. The van der Waals surface area contributed by atoms with E-state index < -0.39 is 11.9 Å². The first kappa shape index (κ1) is 14.6. The number of carboxylic acids is 1. The molecule has 0 radical (unpaired) electrons. The Labute approximate surface area is 107 Å². The SMILES string of the molecule is COCCCc1nc(C)c(C(C)C(=O)O)c(C)n1. The van der Waals surface area contributed by atoms with Crippen molar-refractivity contribution >= 4 is 5.97 Å². The van der Waals surface area contributed by atoms with Gasteiger partial charge >= 0.3 is 5.97 Å². The molecule has 1 rings (SSSR count). The monoisotopic (exact) mass is 252 g/mol. The molecular weight excluding hydrogens is 232 g/mol. The van der Waals surface area contributed by atoms with Gasteiger partial charge in [0.15, 0.2) is 0 Å². The number of hydrogen-bond donors (Lipinski definition) is 1. The van der Waals surface area contributed by atoms with Gasteiger partial charge in [-0.25, -0.2) is 9.97 Å². The molecule has 100 valence electrons. The van der Waals surface area contributed by atoms with Gasteiger partial charge in [0, 0.05) is 37.1 Å². The van der Waals surface area contributed by atoms with Gasteiger partial charge in [-0.05, 0) is 27.2 Å². The molecule has 0 saturated heterocycles. The van der Waals surface area contributed by atoms with E-state index in [4.69, 9.17) is 9.84 Å². The van der Waals surface area contributed by atoms with Gasteiger partial charge in [-0.1, -0.05) is 0 Å². The van der Waals surface area contributed by atoms with Crippen LogP contribution >= 0.6 is 0 Å². The van der Waals surface area contributed by atoms with Gasteiger partial charge in [0.1, 0.15) is 5.82 Å². The maximum atomic E-state index is 11.0. The minimum atomic E-state index is -0.850. The van der Waals surface area contributed by atoms with Gasteiger partial charge in [-0.2, -0.15) is 0 Å². The largest absolute Gasteiger partial charge is 0.481 e. The van der Waals surface area contributed by atoms with E-state index in [0.29, 0.717) is 6.61 Å². The van der Waals surface area contributed by atoms with Crippen molar-refractivity contribution in [1.29, 1.82) is 0 Å².